The van der Waals surface area contributed by atoms with E-state index in [2.05, 4.69) is 18.6 Å². The largest absolute Gasteiger partial charge is 0.394 e. The highest BCUT2D eigenvalue weighted by Crippen LogP contribution is 2.00. The van der Waals surface area contributed by atoms with Gasteiger partial charge >= 0.3 is 0 Å². The van der Waals surface area contributed by atoms with Crippen LogP contribution in [0.25, 0.3) is 0 Å². The lowest BCUT2D eigenvalue weighted by molar-refractivity contribution is -0.0257. The number of rotatable bonds is 13. The van der Waals surface area contributed by atoms with Crippen molar-refractivity contribution in [1.29, 1.82) is 0 Å². The predicted octanol–water partition coefficient (Wildman–Crippen LogP) is 0.578. The standard InChI is InChI=1S/C10H22O3.C4H10O3/c1-3-5-7-13-10(4-2)9-12-8-6-11;5-1-3-7-4-2-6/h10-11H,3-9H2,1-2H3;5-6H,1-4H2. The lowest BCUT2D eigenvalue weighted by Crippen LogP contribution is -2.20. The van der Waals surface area contributed by atoms with Crippen LogP contribution in [0.5, 0.6) is 0 Å². The minimum absolute atomic E-state index is 0.0278. The van der Waals surface area contributed by atoms with Gasteiger partial charge in [-0.05, 0) is 12.8 Å². The molecule has 0 aliphatic carbocycles. The van der Waals surface area contributed by atoms with E-state index in [-0.39, 0.29) is 25.9 Å². The van der Waals surface area contributed by atoms with Gasteiger partial charge in [0.1, 0.15) is 0 Å². The van der Waals surface area contributed by atoms with Gasteiger partial charge in [0.2, 0.25) is 0 Å². The molecule has 0 saturated heterocycles. The lowest BCUT2D eigenvalue weighted by Gasteiger charge is -2.15. The Hall–Kier alpha value is -0.240. The van der Waals surface area contributed by atoms with E-state index < -0.39 is 0 Å². The van der Waals surface area contributed by atoms with Crippen LogP contribution >= 0.6 is 0 Å². The van der Waals surface area contributed by atoms with Crippen molar-refractivity contribution in [1.82, 2.24) is 0 Å². The first-order valence-electron chi connectivity index (χ1n) is 7.36. The van der Waals surface area contributed by atoms with E-state index in [1.807, 2.05) is 0 Å². The van der Waals surface area contributed by atoms with Gasteiger partial charge in [0.25, 0.3) is 0 Å². The van der Waals surface area contributed by atoms with Crippen molar-refractivity contribution < 1.29 is 29.5 Å². The summed E-state index contributed by atoms with van der Waals surface area (Å²) in [6.45, 7) is 6.84. The maximum atomic E-state index is 8.50. The summed E-state index contributed by atoms with van der Waals surface area (Å²) in [6, 6.07) is 0. The first-order chi connectivity index (χ1) is 9.76. The molecule has 0 radical (unpaired) electrons. The van der Waals surface area contributed by atoms with Crippen LogP contribution in [0.2, 0.25) is 0 Å². The molecule has 1 atom stereocenters. The molecule has 0 aromatic carbocycles. The second-order valence-corrected chi connectivity index (χ2v) is 4.11. The molecule has 1 unspecified atom stereocenters. The van der Waals surface area contributed by atoms with Crippen LogP contribution in [0.15, 0.2) is 0 Å². The smallest absolute Gasteiger partial charge is 0.0805 e. The zero-order valence-electron chi connectivity index (χ0n) is 12.9. The SMILES string of the molecule is CCCCOC(CC)COCCO.OCCOCCO. The van der Waals surface area contributed by atoms with Crippen molar-refractivity contribution in [2.45, 2.75) is 39.2 Å². The number of ether oxygens (including phenoxy) is 3. The fraction of sp³-hybridized carbons (Fsp3) is 1.00. The zero-order valence-corrected chi connectivity index (χ0v) is 12.9. The second-order valence-electron chi connectivity index (χ2n) is 4.11. The highest BCUT2D eigenvalue weighted by molar-refractivity contribution is 4.53. The summed E-state index contributed by atoms with van der Waals surface area (Å²) >= 11 is 0. The number of hydrogen-bond acceptors (Lipinski definition) is 6. The molecule has 0 spiro atoms. The average molecular weight is 296 g/mol. The van der Waals surface area contributed by atoms with Gasteiger partial charge in [-0.1, -0.05) is 20.3 Å². The summed E-state index contributed by atoms with van der Waals surface area (Å²) in [5, 5.41) is 24.7. The van der Waals surface area contributed by atoms with Crippen LogP contribution in [0.4, 0.5) is 0 Å². The first-order valence-corrected chi connectivity index (χ1v) is 7.36. The van der Waals surface area contributed by atoms with Gasteiger partial charge in [-0.2, -0.15) is 0 Å². The summed E-state index contributed by atoms with van der Waals surface area (Å²) in [5.41, 5.74) is 0. The van der Waals surface area contributed by atoms with E-state index in [0.29, 0.717) is 26.4 Å². The summed E-state index contributed by atoms with van der Waals surface area (Å²) in [7, 11) is 0. The van der Waals surface area contributed by atoms with E-state index in [4.69, 9.17) is 24.8 Å². The van der Waals surface area contributed by atoms with E-state index in [9.17, 15) is 0 Å². The molecule has 0 bridgehead atoms. The fourth-order valence-electron chi connectivity index (χ4n) is 1.19. The molecule has 0 saturated carbocycles. The molecule has 3 N–H and O–H groups in total. The lowest BCUT2D eigenvalue weighted by atomic mass is 10.3. The van der Waals surface area contributed by atoms with Crippen molar-refractivity contribution in [3.63, 3.8) is 0 Å². The van der Waals surface area contributed by atoms with Crippen molar-refractivity contribution in [3.8, 4) is 0 Å². The van der Waals surface area contributed by atoms with E-state index in [1.165, 1.54) is 0 Å². The van der Waals surface area contributed by atoms with Crippen molar-refractivity contribution in [2.75, 3.05) is 52.9 Å². The molecule has 0 heterocycles. The monoisotopic (exact) mass is 296 g/mol. The fourth-order valence-corrected chi connectivity index (χ4v) is 1.19. The van der Waals surface area contributed by atoms with Crippen LogP contribution in [0.1, 0.15) is 33.1 Å². The molecule has 0 aromatic rings. The average Bonchev–Trinajstić information content (AvgIpc) is 2.47. The number of aliphatic hydroxyl groups is 3. The third kappa shape index (κ3) is 20.1. The van der Waals surface area contributed by atoms with Gasteiger partial charge in [0, 0.05) is 6.61 Å². The van der Waals surface area contributed by atoms with Gasteiger partial charge in [-0.3, -0.25) is 0 Å². The molecular weight excluding hydrogens is 264 g/mol. The first kappa shape index (κ1) is 22.0. The third-order valence-electron chi connectivity index (χ3n) is 2.32. The number of aliphatic hydroxyl groups excluding tert-OH is 3. The van der Waals surface area contributed by atoms with Gasteiger partial charge in [-0.25, -0.2) is 0 Å². The Morgan fingerprint density at radius 2 is 1.35 bits per heavy atom. The van der Waals surface area contributed by atoms with Crippen LogP contribution in [0.3, 0.4) is 0 Å². The van der Waals surface area contributed by atoms with E-state index in [0.717, 1.165) is 25.9 Å². The Labute approximate surface area is 122 Å². The second kappa shape index (κ2) is 21.1. The molecule has 6 nitrogen and oxygen atoms in total. The zero-order chi connectivity index (χ0) is 15.5. The van der Waals surface area contributed by atoms with Crippen molar-refractivity contribution in [2.24, 2.45) is 0 Å². The Morgan fingerprint density at radius 1 is 0.800 bits per heavy atom. The topological polar surface area (TPSA) is 88.4 Å². The van der Waals surface area contributed by atoms with Crippen LogP contribution < -0.4 is 0 Å². The quantitative estimate of drug-likeness (QED) is 0.431. The van der Waals surface area contributed by atoms with Crippen LogP contribution in [-0.2, 0) is 14.2 Å². The Balaban J connectivity index is 0. The molecule has 0 aliphatic heterocycles. The predicted molar refractivity (Wildman–Crippen MR) is 77.8 cm³/mol. The summed E-state index contributed by atoms with van der Waals surface area (Å²) in [5.74, 6) is 0. The molecule has 6 heteroatoms. The molecule has 0 rings (SSSR count). The maximum Gasteiger partial charge on any atom is 0.0805 e. The summed E-state index contributed by atoms with van der Waals surface area (Å²) in [4.78, 5) is 0. The molecule has 124 valence electrons. The van der Waals surface area contributed by atoms with Gasteiger partial charge < -0.3 is 29.5 Å². The van der Waals surface area contributed by atoms with Gasteiger partial charge in [-0.15, -0.1) is 0 Å². The van der Waals surface area contributed by atoms with E-state index >= 15 is 0 Å². The summed E-state index contributed by atoms with van der Waals surface area (Å²) < 4.78 is 15.4. The Morgan fingerprint density at radius 3 is 1.80 bits per heavy atom. The molecular formula is C14H32O6. The maximum absolute atomic E-state index is 8.50. The molecule has 0 amide bonds. The molecule has 20 heavy (non-hydrogen) atoms. The highest BCUT2D eigenvalue weighted by atomic mass is 16.5. The summed E-state index contributed by atoms with van der Waals surface area (Å²) in [6.07, 6.45) is 3.43. The Kier molecular flexibility index (Phi) is 23.2. The van der Waals surface area contributed by atoms with Gasteiger partial charge in [0.15, 0.2) is 0 Å². The van der Waals surface area contributed by atoms with Crippen LogP contribution in [0, 0.1) is 0 Å². The van der Waals surface area contributed by atoms with Gasteiger partial charge in [0.05, 0.1) is 52.4 Å². The van der Waals surface area contributed by atoms with Crippen molar-refractivity contribution in [3.05, 3.63) is 0 Å². The number of unbranched alkanes of at least 4 members (excludes halogenated alkanes) is 1. The molecule has 0 fully saturated rings. The minimum atomic E-state index is 0.0278. The minimum Gasteiger partial charge on any atom is -0.394 e. The molecule has 0 aromatic heterocycles. The van der Waals surface area contributed by atoms with Crippen molar-refractivity contribution >= 4 is 0 Å². The van der Waals surface area contributed by atoms with Crippen LogP contribution in [-0.4, -0.2) is 74.3 Å². The normalized spacial score (nSPS) is 11.8. The third-order valence-corrected chi connectivity index (χ3v) is 2.32. The number of hydrogen-bond donors (Lipinski definition) is 3. The van der Waals surface area contributed by atoms with E-state index in [1.54, 1.807) is 0 Å². The Bertz CT molecular complexity index is 143. The highest BCUT2D eigenvalue weighted by Gasteiger charge is 2.05. The molecule has 0 aliphatic rings.